The molecule has 2 N–H and O–H groups in total. The number of hydrogen-bond acceptors (Lipinski definition) is 6. The van der Waals surface area contributed by atoms with Gasteiger partial charge in [0.25, 0.3) is 0 Å². The maximum absolute atomic E-state index is 12.9. The van der Waals surface area contributed by atoms with Crippen LogP contribution in [0.2, 0.25) is 0 Å². The maximum atomic E-state index is 12.9. The van der Waals surface area contributed by atoms with Gasteiger partial charge < -0.3 is 24.8 Å². The Labute approximate surface area is 215 Å². The summed E-state index contributed by atoms with van der Waals surface area (Å²) < 4.78 is 16.8. The van der Waals surface area contributed by atoms with Crippen LogP contribution in [0.4, 0.5) is 9.59 Å². The van der Waals surface area contributed by atoms with Crippen LogP contribution in [-0.4, -0.2) is 42.4 Å². The number of amides is 2. The van der Waals surface area contributed by atoms with Crippen molar-refractivity contribution in [1.29, 1.82) is 0 Å². The van der Waals surface area contributed by atoms with Crippen molar-refractivity contribution in [3.8, 4) is 0 Å². The first-order valence-corrected chi connectivity index (χ1v) is 12.2. The first kappa shape index (κ1) is 25.8. The van der Waals surface area contributed by atoms with Crippen LogP contribution in [-0.2, 0) is 38.5 Å². The second-order valence-corrected chi connectivity index (χ2v) is 8.89. The minimum Gasteiger partial charge on any atom is -0.456 e. The van der Waals surface area contributed by atoms with Gasteiger partial charge in [0.15, 0.2) is 12.2 Å². The number of ether oxygens (including phenoxy) is 3. The molecule has 0 spiro atoms. The van der Waals surface area contributed by atoms with Crippen LogP contribution in [0.5, 0.6) is 0 Å². The number of carbonyl (C=O) groups excluding carboxylic acids is 3. The van der Waals surface area contributed by atoms with E-state index >= 15 is 0 Å². The molecule has 0 aromatic heterocycles. The van der Waals surface area contributed by atoms with E-state index in [1.807, 2.05) is 91.0 Å². The summed E-state index contributed by atoms with van der Waals surface area (Å²) in [5.74, 6) is -0.552. The zero-order valence-corrected chi connectivity index (χ0v) is 20.5. The van der Waals surface area contributed by atoms with Gasteiger partial charge >= 0.3 is 18.2 Å². The molecule has 3 aromatic carbocycles. The first-order chi connectivity index (χ1) is 18.0. The summed E-state index contributed by atoms with van der Waals surface area (Å²) >= 11 is 0. The molecule has 0 aliphatic carbocycles. The van der Waals surface area contributed by atoms with Crippen molar-refractivity contribution in [2.45, 2.75) is 50.7 Å². The number of hydrogen-bond donors (Lipinski definition) is 2. The van der Waals surface area contributed by atoms with Crippen LogP contribution >= 0.6 is 0 Å². The summed E-state index contributed by atoms with van der Waals surface area (Å²) in [6, 6.07) is 27.2. The lowest BCUT2D eigenvalue weighted by Crippen LogP contribution is -2.55. The highest BCUT2D eigenvalue weighted by molar-refractivity contribution is 5.71. The quantitative estimate of drug-likeness (QED) is 0.319. The Morgan fingerprint density at radius 1 is 0.892 bits per heavy atom. The summed E-state index contributed by atoms with van der Waals surface area (Å²) in [5, 5.41) is 5.69. The van der Waals surface area contributed by atoms with Gasteiger partial charge in [-0.2, -0.15) is 0 Å². The zero-order chi connectivity index (χ0) is 26.0. The van der Waals surface area contributed by atoms with E-state index < -0.39 is 42.4 Å². The summed E-state index contributed by atoms with van der Waals surface area (Å²) in [4.78, 5) is 37.4. The van der Waals surface area contributed by atoms with Gasteiger partial charge in [-0.25, -0.2) is 9.59 Å². The Morgan fingerprint density at radius 3 is 2.05 bits per heavy atom. The number of carbonyl (C=O) groups is 3. The average Bonchev–Trinajstić information content (AvgIpc) is 3.26. The average molecular weight is 503 g/mol. The smallest absolute Gasteiger partial charge is 0.407 e. The van der Waals surface area contributed by atoms with Crippen LogP contribution in [0, 0.1) is 0 Å². The Bertz CT molecular complexity index is 1170. The molecule has 1 aliphatic heterocycles. The molecule has 192 valence electrons. The normalized spacial score (nSPS) is 18.1. The topological polar surface area (TPSA) is 103 Å². The second-order valence-electron chi connectivity index (χ2n) is 8.89. The number of rotatable bonds is 10. The highest BCUT2D eigenvalue weighted by Crippen LogP contribution is 2.24. The van der Waals surface area contributed by atoms with E-state index in [9.17, 15) is 14.4 Å². The van der Waals surface area contributed by atoms with Crippen molar-refractivity contribution in [3.05, 3.63) is 108 Å². The molecule has 4 atom stereocenters. The molecule has 3 aromatic rings. The van der Waals surface area contributed by atoms with Gasteiger partial charge in [-0.3, -0.25) is 4.79 Å². The van der Waals surface area contributed by atoms with E-state index in [-0.39, 0.29) is 6.61 Å². The van der Waals surface area contributed by atoms with Crippen molar-refractivity contribution in [2.75, 3.05) is 0 Å². The predicted molar refractivity (Wildman–Crippen MR) is 137 cm³/mol. The summed E-state index contributed by atoms with van der Waals surface area (Å²) in [6.07, 6.45) is -2.28. The highest BCUT2D eigenvalue weighted by atomic mass is 16.6. The summed E-state index contributed by atoms with van der Waals surface area (Å²) in [6.45, 7) is 1.37. The minimum atomic E-state index is -0.963. The molecule has 1 aliphatic rings. The largest absolute Gasteiger partial charge is 0.456 e. The van der Waals surface area contributed by atoms with Crippen LogP contribution in [0.3, 0.4) is 0 Å². The van der Waals surface area contributed by atoms with Gasteiger partial charge in [0.1, 0.15) is 6.61 Å². The van der Waals surface area contributed by atoms with Crippen LogP contribution in [0.1, 0.15) is 23.6 Å². The molecule has 0 saturated carbocycles. The molecular formula is C29H30N2O6. The second kappa shape index (κ2) is 12.6. The number of alkyl carbamates (subject to hydrolysis) is 2. The van der Waals surface area contributed by atoms with E-state index in [2.05, 4.69) is 10.6 Å². The fraction of sp³-hybridized carbons (Fsp3) is 0.276. The predicted octanol–water partition coefficient (Wildman–Crippen LogP) is 4.18. The number of cyclic esters (lactones) is 1. The third kappa shape index (κ3) is 7.57. The zero-order valence-electron chi connectivity index (χ0n) is 20.5. The van der Waals surface area contributed by atoms with Crippen molar-refractivity contribution >= 4 is 18.2 Å². The molecule has 0 radical (unpaired) electrons. The summed E-state index contributed by atoms with van der Waals surface area (Å²) in [7, 11) is 0. The number of benzene rings is 3. The van der Waals surface area contributed by atoms with Gasteiger partial charge in [0.2, 0.25) is 0 Å². The fourth-order valence-electron chi connectivity index (χ4n) is 4.41. The van der Waals surface area contributed by atoms with Crippen molar-refractivity contribution in [2.24, 2.45) is 0 Å². The van der Waals surface area contributed by atoms with E-state index in [1.54, 1.807) is 0 Å². The molecular weight excluding hydrogens is 472 g/mol. The Hall–Kier alpha value is -4.33. The van der Waals surface area contributed by atoms with Crippen molar-refractivity contribution < 1.29 is 28.6 Å². The highest BCUT2D eigenvalue weighted by Gasteiger charge is 2.45. The monoisotopic (exact) mass is 502 g/mol. The standard InChI is InChI=1S/C29H30N2O6/c1-20(32)36-26(27-25(31-29(34)37-27)18-22-13-7-3-8-14-22)24(17-21-11-5-2-6-12-21)30-28(33)35-19-23-15-9-4-10-16-23/h2-16,24-27H,17-19H2,1H3,(H,30,33)(H,31,34)/t24-,25?,26+,27?/m0/s1. The van der Waals surface area contributed by atoms with Gasteiger partial charge in [-0.1, -0.05) is 91.0 Å². The first-order valence-electron chi connectivity index (χ1n) is 12.2. The number of nitrogens with one attached hydrogen (secondary N) is 2. The molecule has 1 fully saturated rings. The summed E-state index contributed by atoms with van der Waals surface area (Å²) in [5.41, 5.74) is 2.73. The number of esters is 1. The van der Waals surface area contributed by atoms with Crippen molar-refractivity contribution in [1.82, 2.24) is 10.6 Å². The Balaban J connectivity index is 1.57. The molecule has 8 nitrogen and oxygen atoms in total. The van der Waals surface area contributed by atoms with Gasteiger partial charge in [0, 0.05) is 6.92 Å². The Kier molecular flexibility index (Phi) is 8.75. The van der Waals surface area contributed by atoms with Crippen molar-refractivity contribution in [3.63, 3.8) is 0 Å². The molecule has 4 rings (SSSR count). The SMILES string of the molecule is CC(=O)O[C@@H](C1OC(=O)NC1Cc1ccccc1)[C@H](Cc1ccccc1)NC(=O)OCc1ccccc1. The van der Waals surface area contributed by atoms with Gasteiger partial charge in [0.05, 0.1) is 12.1 Å². The fourth-order valence-corrected chi connectivity index (χ4v) is 4.41. The van der Waals surface area contributed by atoms with Gasteiger partial charge in [-0.05, 0) is 29.5 Å². The van der Waals surface area contributed by atoms with E-state index in [0.29, 0.717) is 12.8 Å². The third-order valence-corrected chi connectivity index (χ3v) is 6.08. The van der Waals surface area contributed by atoms with E-state index in [0.717, 1.165) is 16.7 Å². The van der Waals surface area contributed by atoms with Crippen LogP contribution in [0.25, 0.3) is 0 Å². The molecule has 1 heterocycles. The maximum Gasteiger partial charge on any atom is 0.407 e. The minimum absolute atomic E-state index is 0.0829. The lowest BCUT2D eigenvalue weighted by molar-refractivity contribution is -0.154. The van der Waals surface area contributed by atoms with Crippen LogP contribution in [0.15, 0.2) is 91.0 Å². The van der Waals surface area contributed by atoms with Crippen LogP contribution < -0.4 is 10.6 Å². The van der Waals surface area contributed by atoms with Gasteiger partial charge in [-0.15, -0.1) is 0 Å². The lowest BCUT2D eigenvalue weighted by Gasteiger charge is -2.32. The third-order valence-electron chi connectivity index (χ3n) is 6.08. The lowest BCUT2D eigenvalue weighted by atomic mass is 9.91. The molecule has 0 bridgehead atoms. The molecule has 1 saturated heterocycles. The Morgan fingerprint density at radius 2 is 1.46 bits per heavy atom. The molecule has 2 amide bonds. The molecule has 8 heteroatoms. The molecule has 2 unspecified atom stereocenters. The van der Waals surface area contributed by atoms with E-state index in [1.165, 1.54) is 6.92 Å². The van der Waals surface area contributed by atoms with E-state index in [4.69, 9.17) is 14.2 Å². The molecule has 37 heavy (non-hydrogen) atoms.